The predicted octanol–water partition coefficient (Wildman–Crippen LogP) is 16.3. The van der Waals surface area contributed by atoms with Crippen LogP contribution in [0.5, 0.6) is 0 Å². The molecule has 8 nitrogen and oxygen atoms in total. The standard InChI is InChI=1S/C67H42N8/c1-3-21-43(22-4-1)46-25-7-9-31-52(46)66-70-65(71-67(72-66)53-32-10-8-26-47(53)44-23-5-2-6-24-44)45-41-60(73-54-33-15-11-27-48(54)49-28-12-16-34-55(49)73)64(75-58-37-19-39-68-62(58)63-59(75)38-20-40-69-63)61(42-45)74-56-35-17-13-29-50(56)51-30-14-18-36-57(51)74/h1-42H. The molecule has 0 fully saturated rings. The zero-order valence-electron chi connectivity index (χ0n) is 40.3. The van der Waals surface area contributed by atoms with E-state index in [-0.39, 0.29) is 0 Å². The third-order valence-corrected chi connectivity index (χ3v) is 14.6. The smallest absolute Gasteiger partial charge is 0.164 e. The van der Waals surface area contributed by atoms with Crippen LogP contribution >= 0.6 is 0 Å². The van der Waals surface area contributed by atoms with E-state index in [4.69, 9.17) is 24.9 Å². The summed E-state index contributed by atoms with van der Waals surface area (Å²) < 4.78 is 7.20. The minimum absolute atomic E-state index is 0.530. The SMILES string of the molecule is c1ccc(-c2ccccc2-c2nc(-c3cc(-n4c5ccccc5c5ccccc54)c(-n4c5cccnc5c5ncccc54)c(-n4c5ccccc5c5ccccc54)c3)nc(-c3ccccc3-c3ccccc3)n2)cc1. The van der Waals surface area contributed by atoms with Gasteiger partial charge in [-0.3, -0.25) is 9.97 Å². The van der Waals surface area contributed by atoms with Crippen molar-refractivity contribution < 1.29 is 0 Å². The van der Waals surface area contributed by atoms with Crippen molar-refractivity contribution in [3.63, 3.8) is 0 Å². The maximum atomic E-state index is 5.61. The average molecular weight is 959 g/mol. The highest BCUT2D eigenvalue weighted by Gasteiger charge is 2.28. The van der Waals surface area contributed by atoms with E-state index in [9.17, 15) is 0 Å². The maximum absolute atomic E-state index is 5.61. The molecule has 8 heteroatoms. The molecule has 6 aromatic heterocycles. The average Bonchev–Trinajstić information content (AvgIpc) is 4.19. The van der Waals surface area contributed by atoms with E-state index < -0.39 is 0 Å². The van der Waals surface area contributed by atoms with Gasteiger partial charge in [-0.25, -0.2) is 15.0 Å². The molecular formula is C67H42N8. The highest BCUT2D eigenvalue weighted by atomic mass is 15.1. The number of hydrogen-bond donors (Lipinski definition) is 0. The first-order valence-corrected chi connectivity index (χ1v) is 25.2. The van der Waals surface area contributed by atoms with Gasteiger partial charge in [-0.15, -0.1) is 0 Å². The Bertz CT molecular complexity index is 4330. The van der Waals surface area contributed by atoms with E-state index in [1.54, 1.807) is 0 Å². The highest BCUT2D eigenvalue weighted by Crippen LogP contribution is 2.45. The molecule has 75 heavy (non-hydrogen) atoms. The molecule has 0 atom stereocenters. The molecule has 0 saturated carbocycles. The Morgan fingerprint density at radius 3 is 1.00 bits per heavy atom. The number of hydrogen-bond acceptors (Lipinski definition) is 5. The first kappa shape index (κ1) is 42.4. The van der Waals surface area contributed by atoms with Crippen LogP contribution in [-0.2, 0) is 0 Å². The van der Waals surface area contributed by atoms with E-state index in [2.05, 4.69) is 232 Å². The summed E-state index contributed by atoms with van der Waals surface area (Å²) in [5.74, 6) is 1.66. The summed E-state index contributed by atoms with van der Waals surface area (Å²) in [5, 5.41) is 4.59. The summed E-state index contributed by atoms with van der Waals surface area (Å²) in [6.07, 6.45) is 3.71. The number of aromatic nitrogens is 8. The molecule has 9 aromatic carbocycles. The van der Waals surface area contributed by atoms with Gasteiger partial charge in [0.2, 0.25) is 0 Å². The van der Waals surface area contributed by atoms with E-state index in [0.717, 1.165) is 122 Å². The molecule has 0 aliphatic carbocycles. The quantitative estimate of drug-likeness (QED) is 0.152. The van der Waals surface area contributed by atoms with Crippen LogP contribution in [0.15, 0.2) is 255 Å². The molecule has 6 heterocycles. The van der Waals surface area contributed by atoms with Crippen LogP contribution < -0.4 is 0 Å². The van der Waals surface area contributed by atoms with Crippen molar-refractivity contribution in [2.75, 3.05) is 0 Å². The zero-order chi connectivity index (χ0) is 49.4. The van der Waals surface area contributed by atoms with Crippen molar-refractivity contribution in [1.82, 2.24) is 38.6 Å². The Balaban J connectivity index is 1.14. The molecular weight excluding hydrogens is 917 g/mol. The highest BCUT2D eigenvalue weighted by molar-refractivity contribution is 6.13. The number of nitrogens with zero attached hydrogens (tertiary/aromatic N) is 8. The van der Waals surface area contributed by atoms with E-state index >= 15 is 0 Å². The molecule has 0 aliphatic heterocycles. The van der Waals surface area contributed by atoms with Crippen LogP contribution in [0.2, 0.25) is 0 Å². The molecule has 0 unspecified atom stereocenters. The number of benzene rings is 9. The molecule has 0 aliphatic rings. The van der Waals surface area contributed by atoms with Gasteiger partial charge >= 0.3 is 0 Å². The molecule has 0 radical (unpaired) electrons. The van der Waals surface area contributed by atoms with Crippen LogP contribution in [0, 0.1) is 0 Å². The third kappa shape index (κ3) is 6.74. The lowest BCUT2D eigenvalue weighted by Crippen LogP contribution is -2.11. The monoisotopic (exact) mass is 958 g/mol. The van der Waals surface area contributed by atoms with Crippen LogP contribution in [0.4, 0.5) is 0 Å². The summed E-state index contributed by atoms with van der Waals surface area (Å²) in [6.45, 7) is 0. The predicted molar refractivity (Wildman–Crippen MR) is 306 cm³/mol. The van der Waals surface area contributed by atoms with Gasteiger partial charge in [0.05, 0.1) is 50.2 Å². The fourth-order valence-electron chi connectivity index (χ4n) is 11.4. The Labute approximate surface area is 430 Å². The molecule has 0 bridgehead atoms. The lowest BCUT2D eigenvalue weighted by molar-refractivity contribution is 1.04. The Kier molecular flexibility index (Phi) is 9.71. The fraction of sp³-hybridized carbons (Fsp3) is 0. The van der Waals surface area contributed by atoms with Crippen molar-refractivity contribution in [1.29, 1.82) is 0 Å². The van der Waals surface area contributed by atoms with Crippen molar-refractivity contribution in [2.45, 2.75) is 0 Å². The summed E-state index contributed by atoms with van der Waals surface area (Å²) in [7, 11) is 0. The maximum Gasteiger partial charge on any atom is 0.164 e. The molecule has 0 saturated heterocycles. The second kappa shape index (κ2) is 17.2. The lowest BCUT2D eigenvalue weighted by Gasteiger charge is -2.23. The summed E-state index contributed by atoms with van der Waals surface area (Å²) in [4.78, 5) is 26.7. The number of para-hydroxylation sites is 4. The van der Waals surface area contributed by atoms with Gasteiger partial charge in [-0.2, -0.15) is 0 Å². The van der Waals surface area contributed by atoms with Crippen molar-refractivity contribution >= 4 is 65.7 Å². The Morgan fingerprint density at radius 2 is 0.587 bits per heavy atom. The van der Waals surface area contributed by atoms with E-state index in [0.29, 0.717) is 17.5 Å². The van der Waals surface area contributed by atoms with Gasteiger partial charge in [0.25, 0.3) is 0 Å². The van der Waals surface area contributed by atoms with Crippen molar-refractivity contribution in [3.05, 3.63) is 255 Å². The van der Waals surface area contributed by atoms with Gasteiger partial charge in [-0.1, -0.05) is 182 Å². The third-order valence-electron chi connectivity index (χ3n) is 14.6. The Hall–Kier alpha value is -10.3. The molecule has 350 valence electrons. The normalized spacial score (nSPS) is 11.7. The van der Waals surface area contributed by atoms with E-state index in [1.165, 1.54) is 0 Å². The summed E-state index contributed by atoms with van der Waals surface area (Å²) in [5.41, 5.74) is 17.3. The van der Waals surface area contributed by atoms with Gasteiger partial charge in [0.1, 0.15) is 11.0 Å². The van der Waals surface area contributed by atoms with Crippen molar-refractivity contribution in [3.8, 4) is 73.5 Å². The van der Waals surface area contributed by atoms with Crippen LogP contribution in [-0.4, -0.2) is 38.6 Å². The number of pyridine rings is 2. The molecule has 0 N–H and O–H groups in total. The van der Waals surface area contributed by atoms with E-state index in [1.807, 2.05) is 36.7 Å². The van der Waals surface area contributed by atoms with Gasteiger partial charge < -0.3 is 13.7 Å². The summed E-state index contributed by atoms with van der Waals surface area (Å²) >= 11 is 0. The van der Waals surface area contributed by atoms with Gasteiger partial charge in [-0.05, 0) is 82.9 Å². The Morgan fingerprint density at radius 1 is 0.253 bits per heavy atom. The van der Waals surface area contributed by atoms with Crippen LogP contribution in [0.25, 0.3) is 139 Å². The van der Waals surface area contributed by atoms with Crippen molar-refractivity contribution in [2.24, 2.45) is 0 Å². The molecule has 0 amide bonds. The topological polar surface area (TPSA) is 79.2 Å². The first-order chi connectivity index (χ1) is 37.2. The fourth-order valence-corrected chi connectivity index (χ4v) is 11.4. The minimum Gasteiger partial charge on any atom is -0.307 e. The molecule has 15 aromatic rings. The first-order valence-electron chi connectivity index (χ1n) is 25.2. The van der Waals surface area contributed by atoms with Crippen LogP contribution in [0.3, 0.4) is 0 Å². The van der Waals surface area contributed by atoms with Crippen LogP contribution in [0.1, 0.15) is 0 Å². The molecule has 0 spiro atoms. The molecule has 15 rings (SSSR count). The second-order valence-corrected chi connectivity index (χ2v) is 18.8. The van der Waals surface area contributed by atoms with Gasteiger partial charge in [0.15, 0.2) is 17.5 Å². The number of rotatable bonds is 8. The summed E-state index contributed by atoms with van der Waals surface area (Å²) in [6, 6.07) is 85.5. The zero-order valence-corrected chi connectivity index (χ0v) is 40.3. The largest absolute Gasteiger partial charge is 0.307 e. The minimum atomic E-state index is 0.530. The number of fused-ring (bicyclic) bond motifs is 9. The second-order valence-electron chi connectivity index (χ2n) is 18.8. The lowest BCUT2D eigenvalue weighted by atomic mass is 9.98. The van der Waals surface area contributed by atoms with Gasteiger partial charge in [0, 0.05) is 50.6 Å².